The van der Waals surface area contributed by atoms with Gasteiger partial charge in [-0.05, 0) is 133 Å². The van der Waals surface area contributed by atoms with Crippen LogP contribution in [0.25, 0.3) is 155 Å². The second-order valence-electron chi connectivity index (χ2n) is 17.9. The normalized spacial score (nSPS) is 12.1. The summed E-state index contributed by atoms with van der Waals surface area (Å²) in [6, 6.07) is 74.1. The second kappa shape index (κ2) is 14.6. The number of fused-ring (bicyclic) bond motifs is 15. The van der Waals surface area contributed by atoms with Crippen molar-refractivity contribution in [3.05, 3.63) is 212 Å². The lowest BCUT2D eigenvalue weighted by molar-refractivity contribution is 0.668. The molecule has 320 valence electrons. The van der Waals surface area contributed by atoms with Crippen molar-refractivity contribution in [2.24, 2.45) is 0 Å². The van der Waals surface area contributed by atoms with Crippen LogP contribution in [-0.4, -0.2) is 15.0 Å². The highest BCUT2D eigenvalue weighted by molar-refractivity contribution is 6.25. The molecule has 0 saturated heterocycles. The molecule has 0 aliphatic carbocycles. The zero-order valence-corrected chi connectivity index (χ0v) is 36.8. The molecule has 4 aromatic heterocycles. The first kappa shape index (κ1) is 37.8. The summed E-state index contributed by atoms with van der Waals surface area (Å²) in [5, 5.41) is 13.5. The highest BCUT2D eigenvalue weighted by Gasteiger charge is 2.19. The van der Waals surface area contributed by atoms with Crippen molar-refractivity contribution in [3.8, 4) is 56.4 Å². The molecule has 6 nitrogen and oxygen atoms in total. The molecular weight excluding hydrogens is 847 g/mol. The van der Waals surface area contributed by atoms with Gasteiger partial charge in [0.25, 0.3) is 0 Å². The predicted molar refractivity (Wildman–Crippen MR) is 281 cm³/mol. The van der Waals surface area contributed by atoms with Crippen molar-refractivity contribution in [2.75, 3.05) is 0 Å². The van der Waals surface area contributed by atoms with Crippen LogP contribution in [-0.2, 0) is 0 Å². The lowest BCUT2D eigenvalue weighted by atomic mass is 9.93. The lowest BCUT2D eigenvalue weighted by Gasteiger charge is -2.12. The Kier molecular flexibility index (Phi) is 7.97. The fraction of sp³-hybridized carbons (Fsp3) is 0. The molecule has 0 bridgehead atoms. The van der Waals surface area contributed by atoms with Gasteiger partial charge < -0.3 is 13.3 Å². The van der Waals surface area contributed by atoms with Crippen molar-refractivity contribution in [2.45, 2.75) is 0 Å². The van der Waals surface area contributed by atoms with E-state index in [0.717, 1.165) is 110 Å². The van der Waals surface area contributed by atoms with E-state index in [-0.39, 0.29) is 0 Å². The molecule has 0 unspecified atom stereocenters. The largest absolute Gasteiger partial charge is 0.456 e. The van der Waals surface area contributed by atoms with Gasteiger partial charge >= 0.3 is 0 Å². The van der Waals surface area contributed by atoms with E-state index < -0.39 is 0 Å². The zero-order chi connectivity index (χ0) is 45.2. The van der Waals surface area contributed by atoms with E-state index in [0.29, 0.717) is 17.5 Å². The average Bonchev–Trinajstić information content (AvgIpc) is 4.11. The molecule has 0 amide bonds. The minimum absolute atomic E-state index is 0.547. The molecule has 11 aromatic carbocycles. The van der Waals surface area contributed by atoms with Gasteiger partial charge in [-0.25, -0.2) is 15.0 Å². The zero-order valence-electron chi connectivity index (χ0n) is 36.8. The van der Waals surface area contributed by atoms with E-state index in [4.69, 9.17) is 28.2 Å². The van der Waals surface area contributed by atoms with Crippen LogP contribution in [0.2, 0.25) is 0 Å². The van der Waals surface area contributed by atoms with Crippen LogP contribution in [0, 0.1) is 0 Å². The number of para-hydroxylation sites is 1. The third kappa shape index (κ3) is 5.95. The van der Waals surface area contributed by atoms with E-state index in [1.54, 1.807) is 0 Å². The summed E-state index contributed by atoms with van der Waals surface area (Å²) >= 11 is 0. The lowest BCUT2D eigenvalue weighted by Crippen LogP contribution is -2.00. The van der Waals surface area contributed by atoms with Crippen molar-refractivity contribution in [1.82, 2.24) is 15.0 Å². The Morgan fingerprint density at radius 1 is 0.188 bits per heavy atom. The molecule has 0 aliphatic rings. The Bertz CT molecular complexity index is 4580. The van der Waals surface area contributed by atoms with E-state index in [1.807, 2.05) is 30.3 Å². The number of aromatic nitrogens is 3. The van der Waals surface area contributed by atoms with Crippen LogP contribution in [0.5, 0.6) is 0 Å². The molecule has 0 fully saturated rings. The Balaban J connectivity index is 0.894. The molecule has 0 aliphatic heterocycles. The van der Waals surface area contributed by atoms with Gasteiger partial charge in [0, 0.05) is 49.0 Å². The summed E-state index contributed by atoms with van der Waals surface area (Å²) in [5.74, 6) is 1.69. The van der Waals surface area contributed by atoms with E-state index in [9.17, 15) is 0 Å². The molecule has 15 rings (SSSR count). The van der Waals surface area contributed by atoms with E-state index >= 15 is 0 Å². The third-order valence-corrected chi connectivity index (χ3v) is 13.9. The summed E-state index contributed by atoms with van der Waals surface area (Å²) < 4.78 is 19.1. The maximum absolute atomic E-state index is 6.60. The first-order chi connectivity index (χ1) is 34.1. The fourth-order valence-corrected chi connectivity index (χ4v) is 10.5. The first-order valence-electron chi connectivity index (χ1n) is 23.1. The number of rotatable bonds is 5. The molecule has 6 heteroatoms. The number of hydrogen-bond acceptors (Lipinski definition) is 6. The van der Waals surface area contributed by atoms with Gasteiger partial charge in [0.1, 0.15) is 33.5 Å². The maximum atomic E-state index is 6.60. The van der Waals surface area contributed by atoms with Crippen LogP contribution in [0.15, 0.2) is 226 Å². The number of hydrogen-bond donors (Lipinski definition) is 0. The predicted octanol–water partition coefficient (Wildman–Crippen LogP) is 17.4. The van der Waals surface area contributed by atoms with E-state index in [1.165, 1.54) is 26.9 Å². The SMILES string of the molecule is c1ccc(-c2ccc3oc4ccc(-c5nc(-c6ccc7c(c6)oc6ccc(-c8ccc9oc%10ccccc%10c9c8)cc67)nc(-c6ccc7c8ccccc8c8ccccc8c7c6)n5)cc4c3c2)cc1. The van der Waals surface area contributed by atoms with Crippen LogP contribution < -0.4 is 0 Å². The molecule has 0 spiro atoms. The third-order valence-electron chi connectivity index (χ3n) is 13.9. The van der Waals surface area contributed by atoms with Gasteiger partial charge in [-0.1, -0.05) is 133 Å². The van der Waals surface area contributed by atoms with Gasteiger partial charge in [-0.2, -0.15) is 0 Å². The second-order valence-corrected chi connectivity index (χ2v) is 17.9. The standard InChI is InChI=1S/C63H35N3O3/c1-2-10-36(11-3-1)37-20-26-58-53(30-37)54-34-41(23-29-59(54)68-58)62-64-61(40-18-24-47-45-14-5-4-12-43(45)44-13-6-7-15-46(44)50(47)33-40)65-63(66-62)42-19-25-49-52-32-39(22-28-57(52)69-60(49)35-42)38-21-27-56-51(31-38)48-16-8-9-17-55(48)67-56/h1-35H. The Hall–Kier alpha value is -9.39. The van der Waals surface area contributed by atoms with Crippen molar-refractivity contribution in [1.29, 1.82) is 0 Å². The van der Waals surface area contributed by atoms with Gasteiger partial charge in [0.2, 0.25) is 0 Å². The highest BCUT2D eigenvalue weighted by atomic mass is 16.3. The number of benzene rings is 11. The van der Waals surface area contributed by atoms with Crippen molar-refractivity contribution < 1.29 is 13.3 Å². The molecule has 0 N–H and O–H groups in total. The van der Waals surface area contributed by atoms with Gasteiger partial charge in [-0.3, -0.25) is 0 Å². The minimum atomic E-state index is 0.547. The average molecular weight is 882 g/mol. The maximum Gasteiger partial charge on any atom is 0.164 e. The Labute approximate surface area is 393 Å². The van der Waals surface area contributed by atoms with Gasteiger partial charge in [0.15, 0.2) is 17.5 Å². The summed E-state index contributed by atoms with van der Waals surface area (Å²) in [4.78, 5) is 15.8. The van der Waals surface area contributed by atoms with Crippen molar-refractivity contribution >= 4 is 98.1 Å². The topological polar surface area (TPSA) is 78.1 Å². The minimum Gasteiger partial charge on any atom is -0.456 e. The molecule has 0 radical (unpaired) electrons. The monoisotopic (exact) mass is 881 g/mol. The van der Waals surface area contributed by atoms with Crippen LogP contribution in [0.4, 0.5) is 0 Å². The molecule has 15 aromatic rings. The Morgan fingerprint density at radius 3 is 1.06 bits per heavy atom. The molecule has 4 heterocycles. The van der Waals surface area contributed by atoms with E-state index in [2.05, 4.69) is 182 Å². The molecule has 0 atom stereocenters. The van der Waals surface area contributed by atoms with Crippen LogP contribution in [0.3, 0.4) is 0 Å². The number of nitrogens with zero attached hydrogens (tertiary/aromatic N) is 3. The molecule has 69 heavy (non-hydrogen) atoms. The van der Waals surface area contributed by atoms with Crippen molar-refractivity contribution in [3.63, 3.8) is 0 Å². The van der Waals surface area contributed by atoms with Gasteiger partial charge in [0.05, 0.1) is 0 Å². The first-order valence-corrected chi connectivity index (χ1v) is 23.1. The quantitative estimate of drug-likeness (QED) is 0.160. The fourth-order valence-electron chi connectivity index (χ4n) is 10.5. The summed E-state index contributed by atoms with van der Waals surface area (Å²) in [6.07, 6.45) is 0. The molecular formula is C63H35N3O3. The highest BCUT2D eigenvalue weighted by Crippen LogP contribution is 2.41. The summed E-state index contributed by atoms with van der Waals surface area (Å²) in [7, 11) is 0. The smallest absolute Gasteiger partial charge is 0.164 e. The van der Waals surface area contributed by atoms with Crippen LogP contribution >= 0.6 is 0 Å². The number of furan rings is 3. The summed E-state index contributed by atoms with van der Waals surface area (Å²) in [6.45, 7) is 0. The van der Waals surface area contributed by atoms with Crippen LogP contribution in [0.1, 0.15) is 0 Å². The Morgan fingerprint density at radius 2 is 0.507 bits per heavy atom. The summed E-state index contributed by atoms with van der Waals surface area (Å²) in [5.41, 5.74) is 12.0. The molecule has 0 saturated carbocycles. The van der Waals surface area contributed by atoms with Gasteiger partial charge in [-0.15, -0.1) is 0 Å².